The molecule has 0 amide bonds. The third-order valence-corrected chi connectivity index (χ3v) is 5.24. The van der Waals surface area contributed by atoms with Crippen molar-refractivity contribution >= 4 is 17.9 Å². The lowest BCUT2D eigenvalue weighted by molar-refractivity contribution is -0.144. The van der Waals surface area contributed by atoms with Gasteiger partial charge < -0.3 is 14.2 Å². The van der Waals surface area contributed by atoms with Crippen LogP contribution >= 0.6 is 0 Å². The average molecular weight is 515 g/mol. The van der Waals surface area contributed by atoms with Crippen LogP contribution in [0, 0.1) is 23.0 Å². The maximum absolute atomic E-state index is 15.0. The van der Waals surface area contributed by atoms with Gasteiger partial charge in [0.15, 0.2) is 11.6 Å². The summed E-state index contributed by atoms with van der Waals surface area (Å²) in [4.78, 5) is 35.6. The van der Waals surface area contributed by atoms with Crippen molar-refractivity contribution in [2.24, 2.45) is 11.3 Å². The molecule has 0 N–H and O–H groups in total. The molecule has 0 aliphatic heterocycles. The van der Waals surface area contributed by atoms with Crippen molar-refractivity contribution in [2.75, 3.05) is 13.2 Å². The minimum atomic E-state index is -0.798. The molecule has 8 heteroatoms. The maximum atomic E-state index is 15.0. The molecule has 0 bridgehead atoms. The Kier molecular flexibility index (Phi) is 9.88. The second-order valence-corrected chi connectivity index (χ2v) is 9.92. The van der Waals surface area contributed by atoms with Crippen molar-refractivity contribution < 1.29 is 37.4 Å². The van der Waals surface area contributed by atoms with Crippen LogP contribution in [-0.4, -0.2) is 31.1 Å². The first-order valence-electron chi connectivity index (χ1n) is 11.6. The molecule has 6 nitrogen and oxygen atoms in total. The Bertz CT molecular complexity index is 1180. The Morgan fingerprint density at radius 2 is 1.32 bits per heavy atom. The molecule has 2 rings (SSSR count). The highest BCUT2D eigenvalue weighted by atomic mass is 19.1. The molecule has 198 valence electrons. The molecule has 0 heterocycles. The van der Waals surface area contributed by atoms with Crippen LogP contribution in [0.15, 0.2) is 60.7 Å². The lowest BCUT2D eigenvalue weighted by atomic mass is 9.96. The summed E-state index contributed by atoms with van der Waals surface area (Å²) < 4.78 is 45.1. The summed E-state index contributed by atoms with van der Waals surface area (Å²) in [6.45, 7) is 14.8. The van der Waals surface area contributed by atoms with Crippen molar-refractivity contribution in [1.29, 1.82) is 0 Å². The largest absolute Gasteiger partial charge is 0.462 e. The zero-order chi connectivity index (χ0) is 27.9. The van der Waals surface area contributed by atoms with Crippen LogP contribution in [0.5, 0.6) is 5.75 Å². The average Bonchev–Trinajstić information content (AvgIpc) is 2.81. The third-order valence-electron chi connectivity index (χ3n) is 5.24. The highest BCUT2D eigenvalue weighted by molar-refractivity contribution is 5.87. The number of ether oxygens (including phenoxy) is 3. The molecule has 0 fully saturated rings. The molecule has 0 unspecified atom stereocenters. The Morgan fingerprint density at radius 3 is 1.76 bits per heavy atom. The van der Waals surface area contributed by atoms with E-state index in [1.807, 2.05) is 0 Å². The molecule has 0 aliphatic rings. The molecule has 0 saturated carbocycles. The lowest BCUT2D eigenvalue weighted by Crippen LogP contribution is -2.25. The maximum Gasteiger partial charge on any atom is 0.333 e. The van der Waals surface area contributed by atoms with E-state index >= 15 is 4.39 Å². The summed E-state index contributed by atoms with van der Waals surface area (Å²) in [5.74, 6) is -3.84. The number of benzene rings is 2. The minimum absolute atomic E-state index is 0.106. The Morgan fingerprint density at radius 1 is 0.838 bits per heavy atom. The Labute approximate surface area is 215 Å². The summed E-state index contributed by atoms with van der Waals surface area (Å²) in [7, 11) is 0. The van der Waals surface area contributed by atoms with E-state index < -0.39 is 40.9 Å². The van der Waals surface area contributed by atoms with Crippen LogP contribution in [0.1, 0.15) is 40.2 Å². The predicted octanol–water partition coefficient (Wildman–Crippen LogP) is 5.98. The summed E-state index contributed by atoms with van der Waals surface area (Å²) >= 11 is 0. The van der Waals surface area contributed by atoms with Gasteiger partial charge in [0.1, 0.15) is 5.82 Å². The summed E-state index contributed by atoms with van der Waals surface area (Å²) in [6, 6.07) is 8.41. The Hall–Kier alpha value is -3.81. The van der Waals surface area contributed by atoms with Gasteiger partial charge in [-0.3, -0.25) is 4.79 Å². The molecule has 0 spiro atoms. The zero-order valence-corrected chi connectivity index (χ0v) is 21.8. The van der Waals surface area contributed by atoms with Crippen molar-refractivity contribution in [3.05, 3.63) is 77.9 Å². The van der Waals surface area contributed by atoms with Gasteiger partial charge in [-0.25, -0.2) is 18.4 Å². The van der Waals surface area contributed by atoms with Gasteiger partial charge in [-0.2, -0.15) is 0 Å². The fourth-order valence-corrected chi connectivity index (χ4v) is 3.02. The standard InChI is InChI=1S/C29H32F2O6/c1-17(2)26(32)35-15-19(16-36-27(33)18(3)4)12-22-9-8-20(13-23(22)30)21-10-11-25(24(31)14-21)37-28(34)29(5,6)7/h8-11,13-14,19H,1,3,12,15-16H2,2,4-7H3. The fraction of sp³-hybridized carbons (Fsp3) is 0.345. The molecule has 2 aromatic carbocycles. The molecule has 0 aromatic heterocycles. The topological polar surface area (TPSA) is 78.9 Å². The number of esters is 3. The van der Waals surface area contributed by atoms with E-state index in [9.17, 15) is 18.8 Å². The third kappa shape index (κ3) is 8.66. The van der Waals surface area contributed by atoms with E-state index in [0.29, 0.717) is 16.7 Å². The van der Waals surface area contributed by atoms with Gasteiger partial charge in [-0.05, 0) is 75.9 Å². The Balaban J connectivity index is 2.20. The van der Waals surface area contributed by atoms with Gasteiger partial charge >= 0.3 is 17.9 Å². The van der Waals surface area contributed by atoms with Gasteiger partial charge in [0.05, 0.1) is 18.6 Å². The van der Waals surface area contributed by atoms with Gasteiger partial charge in [0, 0.05) is 17.1 Å². The molecular weight excluding hydrogens is 482 g/mol. The van der Waals surface area contributed by atoms with Gasteiger partial charge in [-0.1, -0.05) is 31.4 Å². The summed E-state index contributed by atoms with van der Waals surface area (Å²) in [5, 5.41) is 0. The number of carbonyl (C=O) groups is 3. The van der Waals surface area contributed by atoms with Crippen LogP contribution in [0.4, 0.5) is 8.78 Å². The predicted molar refractivity (Wildman–Crippen MR) is 136 cm³/mol. The van der Waals surface area contributed by atoms with Crippen molar-refractivity contribution in [3.63, 3.8) is 0 Å². The first-order valence-corrected chi connectivity index (χ1v) is 11.6. The SMILES string of the molecule is C=C(C)C(=O)OCC(COC(=O)C(=C)C)Cc1ccc(-c2ccc(OC(=O)C(C)(C)C)c(F)c2)cc1F. The lowest BCUT2D eigenvalue weighted by Gasteiger charge is -2.18. The summed E-state index contributed by atoms with van der Waals surface area (Å²) in [5.41, 5.74) is 0.712. The highest BCUT2D eigenvalue weighted by Crippen LogP contribution is 2.29. The van der Waals surface area contributed by atoms with Gasteiger partial charge in [-0.15, -0.1) is 0 Å². The number of rotatable bonds is 10. The van der Waals surface area contributed by atoms with E-state index in [2.05, 4.69) is 13.2 Å². The van der Waals surface area contributed by atoms with E-state index in [1.54, 1.807) is 26.8 Å². The van der Waals surface area contributed by atoms with Crippen LogP contribution in [0.25, 0.3) is 11.1 Å². The monoisotopic (exact) mass is 514 g/mol. The van der Waals surface area contributed by atoms with Crippen LogP contribution in [-0.2, 0) is 30.3 Å². The highest BCUT2D eigenvalue weighted by Gasteiger charge is 2.25. The fourth-order valence-electron chi connectivity index (χ4n) is 3.02. The molecule has 0 atom stereocenters. The second kappa shape index (κ2) is 12.4. The second-order valence-electron chi connectivity index (χ2n) is 9.92. The molecule has 0 saturated heterocycles. The number of halogens is 2. The van der Waals surface area contributed by atoms with E-state index in [1.165, 1.54) is 38.1 Å². The zero-order valence-electron chi connectivity index (χ0n) is 21.8. The van der Waals surface area contributed by atoms with Crippen LogP contribution in [0.3, 0.4) is 0 Å². The van der Waals surface area contributed by atoms with Crippen molar-refractivity contribution in [2.45, 2.75) is 41.0 Å². The normalized spacial score (nSPS) is 11.1. The van der Waals surface area contributed by atoms with E-state index in [0.717, 1.165) is 6.07 Å². The van der Waals surface area contributed by atoms with Crippen molar-refractivity contribution in [1.82, 2.24) is 0 Å². The first-order chi connectivity index (χ1) is 17.2. The van der Waals surface area contributed by atoms with Crippen molar-refractivity contribution in [3.8, 4) is 16.9 Å². The molecule has 37 heavy (non-hydrogen) atoms. The molecule has 0 radical (unpaired) electrons. The minimum Gasteiger partial charge on any atom is -0.462 e. The van der Waals surface area contributed by atoms with E-state index in [4.69, 9.17) is 14.2 Å². The molecular formula is C29H32F2O6. The number of hydrogen-bond donors (Lipinski definition) is 0. The van der Waals surface area contributed by atoms with Gasteiger partial charge in [0.25, 0.3) is 0 Å². The smallest absolute Gasteiger partial charge is 0.333 e. The van der Waals surface area contributed by atoms with Crippen LogP contribution < -0.4 is 4.74 Å². The molecule has 2 aromatic rings. The first kappa shape index (κ1) is 29.4. The van der Waals surface area contributed by atoms with E-state index in [-0.39, 0.29) is 36.5 Å². The number of carbonyl (C=O) groups excluding carboxylic acids is 3. The van der Waals surface area contributed by atoms with Gasteiger partial charge in [0.2, 0.25) is 0 Å². The molecule has 0 aliphatic carbocycles. The quantitative estimate of drug-likeness (QED) is 0.221. The number of hydrogen-bond acceptors (Lipinski definition) is 6. The van der Waals surface area contributed by atoms with Crippen LogP contribution in [0.2, 0.25) is 0 Å². The summed E-state index contributed by atoms with van der Waals surface area (Å²) in [6.07, 6.45) is 0.106.